The first-order valence-electron chi connectivity index (χ1n) is 6.12. The molecule has 0 saturated heterocycles. The average molecular weight is 364 g/mol. The van der Waals surface area contributed by atoms with Gasteiger partial charge in [-0.25, -0.2) is 12.4 Å². The van der Waals surface area contributed by atoms with Crippen molar-refractivity contribution >= 4 is 43.1 Å². The number of carbonyl (C=O) groups is 1. The van der Waals surface area contributed by atoms with Crippen molar-refractivity contribution in [3.8, 4) is 0 Å². The molecule has 0 amide bonds. The Labute approximate surface area is 130 Å². The molecule has 0 radical (unpaired) electrons. The molecule has 0 aliphatic rings. The van der Waals surface area contributed by atoms with Crippen molar-refractivity contribution in [3.63, 3.8) is 0 Å². The lowest BCUT2D eigenvalue weighted by Crippen LogP contribution is -2.13. The van der Waals surface area contributed by atoms with Gasteiger partial charge < -0.3 is 0 Å². The highest BCUT2D eigenvalue weighted by atomic mass is 79.9. The standard InChI is InChI=1S/C15H10BrNO3S/c16-15-13(10-18)12-8-4-5-9-14(12)17(15)21(19,20)11-6-2-1-3-7-11/h1-10H. The summed E-state index contributed by atoms with van der Waals surface area (Å²) < 4.78 is 27.0. The van der Waals surface area contributed by atoms with Gasteiger partial charge in [-0.3, -0.25) is 4.79 Å². The Morgan fingerprint density at radius 3 is 2.24 bits per heavy atom. The predicted molar refractivity (Wildman–Crippen MR) is 84.1 cm³/mol. The van der Waals surface area contributed by atoms with Crippen LogP contribution in [-0.2, 0) is 10.0 Å². The summed E-state index contributed by atoms with van der Waals surface area (Å²) in [4.78, 5) is 11.5. The Morgan fingerprint density at radius 1 is 0.952 bits per heavy atom. The molecule has 0 atom stereocenters. The van der Waals surface area contributed by atoms with Gasteiger partial charge in [-0.2, -0.15) is 0 Å². The first kappa shape index (κ1) is 14.0. The monoisotopic (exact) mass is 363 g/mol. The highest BCUT2D eigenvalue weighted by Crippen LogP contribution is 2.32. The Morgan fingerprint density at radius 2 is 1.57 bits per heavy atom. The smallest absolute Gasteiger partial charge is 0.269 e. The second-order valence-corrected chi connectivity index (χ2v) is 6.96. The van der Waals surface area contributed by atoms with E-state index in [1.54, 1.807) is 42.5 Å². The highest BCUT2D eigenvalue weighted by molar-refractivity contribution is 9.10. The fraction of sp³-hybridized carbons (Fsp3) is 0. The maximum atomic E-state index is 12.8. The van der Waals surface area contributed by atoms with Crippen molar-refractivity contribution < 1.29 is 13.2 Å². The van der Waals surface area contributed by atoms with Gasteiger partial charge in [-0.1, -0.05) is 36.4 Å². The second-order valence-electron chi connectivity index (χ2n) is 4.42. The van der Waals surface area contributed by atoms with Crippen molar-refractivity contribution in [2.24, 2.45) is 0 Å². The van der Waals surface area contributed by atoms with Gasteiger partial charge in [0.2, 0.25) is 0 Å². The van der Waals surface area contributed by atoms with Gasteiger partial charge in [0.15, 0.2) is 6.29 Å². The molecule has 1 aromatic heterocycles. The number of aldehydes is 1. The Hall–Kier alpha value is -1.92. The minimum absolute atomic E-state index is 0.170. The van der Waals surface area contributed by atoms with Crippen molar-refractivity contribution in [3.05, 3.63) is 64.8 Å². The molecule has 4 nitrogen and oxygen atoms in total. The van der Waals surface area contributed by atoms with Crippen molar-refractivity contribution in [1.82, 2.24) is 3.97 Å². The lowest BCUT2D eigenvalue weighted by atomic mass is 10.2. The number of aromatic nitrogens is 1. The quantitative estimate of drug-likeness (QED) is 0.669. The third-order valence-corrected chi connectivity index (χ3v) is 5.96. The van der Waals surface area contributed by atoms with E-state index in [2.05, 4.69) is 15.9 Å². The molecule has 0 saturated carbocycles. The zero-order valence-electron chi connectivity index (χ0n) is 10.7. The molecule has 21 heavy (non-hydrogen) atoms. The Balaban J connectivity index is 2.41. The Kier molecular flexibility index (Phi) is 3.43. The van der Waals surface area contributed by atoms with Gasteiger partial charge in [0.1, 0.15) is 4.60 Å². The van der Waals surface area contributed by atoms with E-state index in [0.717, 1.165) is 3.97 Å². The molecule has 0 spiro atoms. The van der Waals surface area contributed by atoms with E-state index < -0.39 is 10.0 Å². The molecule has 0 aliphatic heterocycles. The normalized spacial score (nSPS) is 11.7. The molecule has 0 bridgehead atoms. The van der Waals surface area contributed by atoms with Crippen LogP contribution in [-0.4, -0.2) is 18.7 Å². The fourth-order valence-corrected chi connectivity index (χ4v) is 4.76. The summed E-state index contributed by atoms with van der Waals surface area (Å²) in [6.07, 6.45) is 0.656. The summed E-state index contributed by atoms with van der Waals surface area (Å²) in [5.41, 5.74) is 0.792. The summed E-state index contributed by atoms with van der Waals surface area (Å²) in [6.45, 7) is 0. The number of benzene rings is 2. The van der Waals surface area contributed by atoms with E-state index in [1.165, 1.54) is 12.1 Å². The number of halogens is 1. The number of para-hydroxylation sites is 1. The van der Waals surface area contributed by atoms with Crippen LogP contribution in [0, 0.1) is 0 Å². The minimum atomic E-state index is -3.77. The van der Waals surface area contributed by atoms with Crippen LogP contribution in [0.4, 0.5) is 0 Å². The molecular weight excluding hydrogens is 354 g/mol. The number of carbonyl (C=O) groups excluding carboxylic acids is 1. The van der Waals surface area contributed by atoms with Crippen LogP contribution in [0.25, 0.3) is 10.9 Å². The molecule has 0 aliphatic carbocycles. The Bertz CT molecular complexity index is 930. The summed E-state index contributed by atoms with van der Waals surface area (Å²) in [5.74, 6) is 0. The largest absolute Gasteiger partial charge is 0.298 e. The SMILES string of the molecule is O=Cc1c(Br)n(S(=O)(=O)c2ccccc2)c2ccccc12. The third kappa shape index (κ3) is 2.11. The lowest BCUT2D eigenvalue weighted by Gasteiger charge is -2.08. The first-order chi connectivity index (χ1) is 10.1. The highest BCUT2D eigenvalue weighted by Gasteiger charge is 2.25. The molecule has 3 rings (SSSR count). The number of fused-ring (bicyclic) bond motifs is 1. The number of hydrogen-bond acceptors (Lipinski definition) is 3. The summed E-state index contributed by atoms with van der Waals surface area (Å²) in [7, 11) is -3.77. The lowest BCUT2D eigenvalue weighted by molar-refractivity contribution is 0.112. The van der Waals surface area contributed by atoms with Gasteiger partial charge >= 0.3 is 0 Å². The summed E-state index contributed by atoms with van der Waals surface area (Å²) in [5, 5.41) is 0.596. The molecule has 6 heteroatoms. The van der Waals surface area contributed by atoms with Crippen molar-refractivity contribution in [1.29, 1.82) is 0 Å². The second kappa shape index (κ2) is 5.13. The van der Waals surface area contributed by atoms with Crippen LogP contribution in [0.15, 0.2) is 64.1 Å². The van der Waals surface area contributed by atoms with E-state index in [-0.39, 0.29) is 9.50 Å². The fourth-order valence-electron chi connectivity index (χ4n) is 2.25. The summed E-state index contributed by atoms with van der Waals surface area (Å²) in [6, 6.07) is 15.0. The van der Waals surface area contributed by atoms with Crippen molar-refractivity contribution in [2.75, 3.05) is 0 Å². The van der Waals surface area contributed by atoms with Crippen molar-refractivity contribution in [2.45, 2.75) is 4.90 Å². The van der Waals surface area contributed by atoms with Gasteiger partial charge in [0, 0.05) is 5.39 Å². The zero-order chi connectivity index (χ0) is 15.0. The van der Waals surface area contributed by atoms with Crippen LogP contribution in [0.2, 0.25) is 0 Å². The molecule has 3 aromatic rings. The zero-order valence-corrected chi connectivity index (χ0v) is 13.1. The maximum Gasteiger partial charge on any atom is 0.269 e. The van der Waals surface area contributed by atoms with Crippen LogP contribution >= 0.6 is 15.9 Å². The van der Waals surface area contributed by atoms with Gasteiger partial charge in [0.25, 0.3) is 10.0 Å². The topological polar surface area (TPSA) is 56.1 Å². The van der Waals surface area contributed by atoms with E-state index >= 15 is 0 Å². The summed E-state index contributed by atoms with van der Waals surface area (Å²) >= 11 is 3.24. The molecule has 0 N–H and O–H groups in total. The third-order valence-electron chi connectivity index (χ3n) is 3.21. The van der Waals surface area contributed by atoms with Gasteiger partial charge in [-0.05, 0) is 34.1 Å². The van der Waals surface area contributed by atoms with E-state index in [4.69, 9.17) is 0 Å². The predicted octanol–water partition coefficient (Wildman–Crippen LogP) is 3.45. The van der Waals surface area contributed by atoms with Crippen LogP contribution < -0.4 is 0 Å². The van der Waals surface area contributed by atoms with Gasteiger partial charge in [-0.15, -0.1) is 0 Å². The number of nitrogens with zero attached hydrogens (tertiary/aromatic N) is 1. The molecule has 2 aromatic carbocycles. The molecule has 106 valence electrons. The first-order valence-corrected chi connectivity index (χ1v) is 8.35. The number of hydrogen-bond donors (Lipinski definition) is 0. The van der Waals surface area contributed by atoms with E-state index in [1.807, 2.05) is 0 Å². The van der Waals surface area contributed by atoms with E-state index in [9.17, 15) is 13.2 Å². The number of rotatable bonds is 3. The van der Waals surface area contributed by atoms with Gasteiger partial charge in [0.05, 0.1) is 16.0 Å². The van der Waals surface area contributed by atoms with Crippen LogP contribution in [0.5, 0.6) is 0 Å². The van der Waals surface area contributed by atoms with Crippen LogP contribution in [0.3, 0.4) is 0 Å². The minimum Gasteiger partial charge on any atom is -0.298 e. The molecule has 0 fully saturated rings. The van der Waals surface area contributed by atoms with E-state index in [0.29, 0.717) is 22.8 Å². The molecule has 1 heterocycles. The average Bonchev–Trinajstić information content (AvgIpc) is 2.80. The van der Waals surface area contributed by atoms with Crippen LogP contribution in [0.1, 0.15) is 10.4 Å². The molecular formula is C15H10BrNO3S. The molecule has 0 unspecified atom stereocenters. The maximum absolute atomic E-state index is 12.8.